The summed E-state index contributed by atoms with van der Waals surface area (Å²) in [5, 5.41) is 19.9. The minimum Gasteiger partial charge on any atom is -0.498 e. The van der Waals surface area contributed by atoms with Gasteiger partial charge in [0, 0.05) is 5.02 Å². The number of hydrogen-bond acceptors (Lipinski definition) is 5. The second-order valence-electron chi connectivity index (χ2n) is 3.55. The zero-order valence-electron chi connectivity index (χ0n) is 8.94. The first-order valence-corrected chi connectivity index (χ1v) is 5.51. The molecule has 98 valence electrons. The summed E-state index contributed by atoms with van der Waals surface area (Å²) in [6.07, 6.45) is 0. The molecule has 0 spiro atoms. The molecule has 7 nitrogen and oxygen atoms in total. The van der Waals surface area contributed by atoms with Crippen molar-refractivity contribution in [3.8, 4) is 5.75 Å². The molecule has 1 aromatic heterocycles. The monoisotopic (exact) mass is 302 g/mol. The average molecular weight is 303 g/mol. The second-order valence-corrected chi connectivity index (χ2v) is 4.39. The fraction of sp³-hybridized carbons (Fsp3) is 0. The van der Waals surface area contributed by atoms with Crippen LogP contribution >= 0.6 is 23.2 Å². The van der Waals surface area contributed by atoms with E-state index in [1.165, 1.54) is 12.1 Å². The standard InChI is InChI=1S/C10H4Cl2N2O5/c11-3-1-4(12)6-5(2-3)13-10(17)9(16)7(8(6)15)14(18)19/h1-2,16H,(H,13,17). The van der Waals surface area contributed by atoms with Crippen molar-refractivity contribution in [3.63, 3.8) is 0 Å². The highest BCUT2D eigenvalue weighted by atomic mass is 35.5. The molecule has 0 aliphatic heterocycles. The molecule has 2 aromatic rings. The SMILES string of the molecule is O=c1[nH]c2cc(Cl)cc(Cl)c2c(=O)c([N+](=O)[O-])c1O. The molecule has 0 aliphatic rings. The molecule has 1 heterocycles. The van der Waals surface area contributed by atoms with E-state index in [1.54, 1.807) is 0 Å². The smallest absolute Gasteiger partial charge is 0.364 e. The number of aromatic nitrogens is 1. The van der Waals surface area contributed by atoms with Gasteiger partial charge in [0.25, 0.3) is 16.7 Å². The van der Waals surface area contributed by atoms with Crippen molar-refractivity contribution in [3.05, 3.63) is 52.9 Å². The van der Waals surface area contributed by atoms with Crippen molar-refractivity contribution < 1.29 is 10.0 Å². The van der Waals surface area contributed by atoms with Crippen molar-refractivity contribution >= 4 is 39.8 Å². The summed E-state index contributed by atoms with van der Waals surface area (Å²) in [5.41, 5.74) is -3.69. The van der Waals surface area contributed by atoms with Gasteiger partial charge in [-0.2, -0.15) is 0 Å². The lowest BCUT2D eigenvalue weighted by atomic mass is 10.2. The molecule has 0 saturated heterocycles. The third kappa shape index (κ3) is 2.13. The van der Waals surface area contributed by atoms with Crippen LogP contribution in [0.1, 0.15) is 0 Å². The summed E-state index contributed by atoms with van der Waals surface area (Å²) in [5.74, 6) is -1.28. The number of aromatic hydroxyl groups is 1. The zero-order chi connectivity index (χ0) is 14.3. The number of H-pyrrole nitrogens is 1. The molecule has 2 rings (SSSR count). The van der Waals surface area contributed by atoms with Crippen molar-refractivity contribution in [2.45, 2.75) is 0 Å². The lowest BCUT2D eigenvalue weighted by Gasteiger charge is -1.96. The molecule has 0 saturated carbocycles. The highest BCUT2D eigenvalue weighted by Crippen LogP contribution is 2.26. The number of nitro groups is 1. The third-order valence-electron chi connectivity index (χ3n) is 2.37. The summed E-state index contributed by atoms with van der Waals surface area (Å²) in [6, 6.07) is 2.40. The molecule has 0 aliphatic carbocycles. The van der Waals surface area contributed by atoms with E-state index in [9.17, 15) is 24.8 Å². The Balaban J connectivity index is 3.24. The van der Waals surface area contributed by atoms with Crippen molar-refractivity contribution in [2.75, 3.05) is 0 Å². The maximum atomic E-state index is 12.0. The largest absolute Gasteiger partial charge is 0.498 e. The maximum absolute atomic E-state index is 12.0. The summed E-state index contributed by atoms with van der Waals surface area (Å²) in [6.45, 7) is 0. The van der Waals surface area contributed by atoms with Gasteiger partial charge in [0.2, 0.25) is 0 Å². The summed E-state index contributed by atoms with van der Waals surface area (Å²) in [7, 11) is 0. The number of benzene rings is 1. The molecule has 0 radical (unpaired) electrons. The molecule has 0 bridgehead atoms. The average Bonchev–Trinajstić information content (AvgIpc) is 2.34. The highest BCUT2D eigenvalue weighted by Gasteiger charge is 2.24. The Kier molecular flexibility index (Phi) is 3.17. The van der Waals surface area contributed by atoms with Gasteiger partial charge in [-0.3, -0.25) is 19.7 Å². The van der Waals surface area contributed by atoms with Crippen LogP contribution < -0.4 is 11.0 Å². The Morgan fingerprint density at radius 1 is 1.26 bits per heavy atom. The van der Waals surface area contributed by atoms with Crippen LogP contribution in [-0.2, 0) is 0 Å². The van der Waals surface area contributed by atoms with E-state index in [0.717, 1.165) is 0 Å². The summed E-state index contributed by atoms with van der Waals surface area (Å²) < 4.78 is 0. The predicted molar refractivity (Wildman–Crippen MR) is 69.2 cm³/mol. The Morgan fingerprint density at radius 2 is 1.89 bits per heavy atom. The zero-order valence-corrected chi connectivity index (χ0v) is 10.4. The van der Waals surface area contributed by atoms with Crippen molar-refractivity contribution in [1.82, 2.24) is 4.98 Å². The van der Waals surface area contributed by atoms with Crippen LogP contribution in [0.25, 0.3) is 10.9 Å². The number of nitrogens with zero attached hydrogens (tertiary/aromatic N) is 1. The number of rotatable bonds is 1. The first-order chi connectivity index (χ1) is 8.82. The Labute approximate surface area is 114 Å². The summed E-state index contributed by atoms with van der Waals surface area (Å²) in [4.78, 5) is 35.3. The molecule has 0 amide bonds. The van der Waals surface area contributed by atoms with Gasteiger partial charge >= 0.3 is 5.69 Å². The van der Waals surface area contributed by atoms with Crippen molar-refractivity contribution in [1.29, 1.82) is 0 Å². The number of fused-ring (bicyclic) bond motifs is 1. The molecular weight excluding hydrogens is 299 g/mol. The van der Waals surface area contributed by atoms with E-state index in [4.69, 9.17) is 23.2 Å². The Bertz CT molecular complexity index is 831. The van der Waals surface area contributed by atoms with E-state index in [2.05, 4.69) is 4.98 Å². The molecule has 0 unspecified atom stereocenters. The third-order valence-corrected chi connectivity index (χ3v) is 2.88. The fourth-order valence-corrected chi connectivity index (χ4v) is 2.17. The van der Waals surface area contributed by atoms with Crippen LogP contribution in [0.4, 0.5) is 5.69 Å². The predicted octanol–water partition coefficient (Wildman–Crippen LogP) is 1.81. The van der Waals surface area contributed by atoms with Crippen LogP contribution in [0, 0.1) is 10.1 Å². The van der Waals surface area contributed by atoms with E-state index >= 15 is 0 Å². The molecule has 19 heavy (non-hydrogen) atoms. The van der Waals surface area contributed by atoms with E-state index in [0.29, 0.717) is 0 Å². The number of halogens is 2. The van der Waals surface area contributed by atoms with Gasteiger partial charge < -0.3 is 10.1 Å². The van der Waals surface area contributed by atoms with Gasteiger partial charge in [-0.25, -0.2) is 0 Å². The van der Waals surface area contributed by atoms with Crippen LogP contribution in [0.3, 0.4) is 0 Å². The van der Waals surface area contributed by atoms with Gasteiger partial charge in [-0.15, -0.1) is 0 Å². The first-order valence-electron chi connectivity index (χ1n) is 4.75. The number of nitrogens with one attached hydrogen (secondary N) is 1. The molecule has 0 fully saturated rings. The van der Waals surface area contributed by atoms with Gasteiger partial charge in [-0.1, -0.05) is 23.2 Å². The quantitative estimate of drug-likeness (QED) is 0.616. The van der Waals surface area contributed by atoms with E-state index < -0.39 is 27.3 Å². The lowest BCUT2D eigenvalue weighted by Crippen LogP contribution is -2.08. The number of hydrogen-bond donors (Lipinski definition) is 2. The normalized spacial score (nSPS) is 10.6. The number of aromatic amines is 1. The maximum Gasteiger partial charge on any atom is 0.364 e. The van der Waals surface area contributed by atoms with Crippen LogP contribution in [0.15, 0.2) is 21.7 Å². The molecule has 1 aromatic carbocycles. The summed E-state index contributed by atoms with van der Waals surface area (Å²) >= 11 is 11.5. The van der Waals surface area contributed by atoms with Crippen LogP contribution in [0.5, 0.6) is 5.75 Å². The topological polar surface area (TPSA) is 113 Å². The molecular formula is C10H4Cl2N2O5. The van der Waals surface area contributed by atoms with Crippen LogP contribution in [0.2, 0.25) is 10.0 Å². The van der Waals surface area contributed by atoms with E-state index in [-0.39, 0.29) is 20.9 Å². The second kappa shape index (κ2) is 4.52. The minimum atomic E-state index is -1.28. The van der Waals surface area contributed by atoms with Gasteiger partial charge in [0.15, 0.2) is 0 Å². The first kappa shape index (κ1) is 13.3. The van der Waals surface area contributed by atoms with Gasteiger partial charge in [0.1, 0.15) is 0 Å². The Hall–Kier alpha value is -2.12. The van der Waals surface area contributed by atoms with E-state index in [1.807, 2.05) is 0 Å². The van der Waals surface area contributed by atoms with Gasteiger partial charge in [0.05, 0.1) is 20.8 Å². The molecule has 9 heteroatoms. The molecule has 0 atom stereocenters. The highest BCUT2D eigenvalue weighted by molar-refractivity contribution is 6.38. The lowest BCUT2D eigenvalue weighted by molar-refractivity contribution is -0.386. The fourth-order valence-electron chi connectivity index (χ4n) is 1.59. The Morgan fingerprint density at radius 3 is 2.47 bits per heavy atom. The minimum absolute atomic E-state index is 0.101. The molecule has 2 N–H and O–H groups in total. The van der Waals surface area contributed by atoms with Crippen LogP contribution in [-0.4, -0.2) is 15.0 Å². The van der Waals surface area contributed by atoms with Crippen molar-refractivity contribution in [2.24, 2.45) is 0 Å². The van der Waals surface area contributed by atoms with Gasteiger partial charge in [-0.05, 0) is 12.1 Å².